The predicted molar refractivity (Wildman–Crippen MR) is 64.8 cm³/mol. The Morgan fingerprint density at radius 3 is 2.82 bits per heavy atom. The van der Waals surface area contributed by atoms with E-state index in [2.05, 4.69) is 10.1 Å². The number of aromatic nitrogens is 3. The molecule has 0 fully saturated rings. The largest absolute Gasteiger partial charge is 0.495 e. The quantitative estimate of drug-likeness (QED) is 0.863. The Labute approximate surface area is 100 Å². The minimum atomic E-state index is -0.320. The molecule has 0 aromatic carbocycles. The van der Waals surface area contributed by atoms with Crippen LogP contribution < -0.4 is 10.5 Å². The molecule has 1 unspecified atom stereocenters. The number of nitrogens with zero attached hydrogens (tertiary/aromatic N) is 3. The van der Waals surface area contributed by atoms with Crippen molar-refractivity contribution >= 4 is 0 Å². The van der Waals surface area contributed by atoms with E-state index >= 15 is 0 Å². The van der Waals surface area contributed by atoms with E-state index in [0.717, 1.165) is 17.0 Å². The van der Waals surface area contributed by atoms with Crippen molar-refractivity contribution in [1.29, 1.82) is 0 Å². The average Bonchev–Trinajstić information content (AvgIpc) is 2.69. The molecule has 5 heteroatoms. The smallest absolute Gasteiger partial charge is 0.142 e. The topological polar surface area (TPSA) is 66.0 Å². The van der Waals surface area contributed by atoms with Crippen LogP contribution in [0.25, 0.3) is 0 Å². The average molecular weight is 232 g/mol. The van der Waals surface area contributed by atoms with Crippen LogP contribution in [-0.2, 0) is 7.05 Å². The van der Waals surface area contributed by atoms with Gasteiger partial charge < -0.3 is 10.5 Å². The van der Waals surface area contributed by atoms with E-state index < -0.39 is 0 Å². The van der Waals surface area contributed by atoms with E-state index in [9.17, 15) is 0 Å². The van der Waals surface area contributed by atoms with Crippen molar-refractivity contribution in [2.45, 2.75) is 13.0 Å². The number of hydrogen-bond acceptors (Lipinski definition) is 4. The zero-order valence-corrected chi connectivity index (χ0v) is 10.2. The molecule has 2 rings (SSSR count). The van der Waals surface area contributed by atoms with Gasteiger partial charge in [0.15, 0.2) is 0 Å². The summed E-state index contributed by atoms with van der Waals surface area (Å²) in [6.45, 7) is 1.98. The maximum Gasteiger partial charge on any atom is 0.142 e. The molecule has 0 aliphatic heterocycles. The van der Waals surface area contributed by atoms with Crippen molar-refractivity contribution in [2.24, 2.45) is 12.8 Å². The van der Waals surface area contributed by atoms with Crippen molar-refractivity contribution < 1.29 is 4.74 Å². The fourth-order valence-corrected chi connectivity index (χ4v) is 1.78. The molecule has 0 saturated carbocycles. The van der Waals surface area contributed by atoms with Gasteiger partial charge in [0.1, 0.15) is 11.4 Å². The zero-order valence-electron chi connectivity index (χ0n) is 10.2. The maximum absolute atomic E-state index is 6.21. The fraction of sp³-hybridized carbons (Fsp3) is 0.333. The van der Waals surface area contributed by atoms with Crippen molar-refractivity contribution in [3.05, 3.63) is 41.5 Å². The van der Waals surface area contributed by atoms with Gasteiger partial charge in [0, 0.05) is 24.5 Å². The van der Waals surface area contributed by atoms with Gasteiger partial charge in [0.2, 0.25) is 0 Å². The summed E-state index contributed by atoms with van der Waals surface area (Å²) in [6, 6.07) is 3.36. The zero-order chi connectivity index (χ0) is 12.4. The number of rotatable bonds is 3. The van der Waals surface area contributed by atoms with Gasteiger partial charge in [-0.1, -0.05) is 0 Å². The Morgan fingerprint density at radius 1 is 1.47 bits per heavy atom. The molecule has 1 atom stereocenters. The van der Waals surface area contributed by atoms with Gasteiger partial charge in [-0.05, 0) is 19.1 Å². The molecular weight excluding hydrogens is 216 g/mol. The van der Waals surface area contributed by atoms with Crippen LogP contribution in [0.4, 0.5) is 0 Å². The minimum Gasteiger partial charge on any atom is -0.495 e. The maximum atomic E-state index is 6.21. The Bertz CT molecular complexity index is 521. The summed E-state index contributed by atoms with van der Waals surface area (Å²) in [4.78, 5) is 4.29. The molecular formula is C12H16N4O. The lowest BCUT2D eigenvalue weighted by atomic mass is 10.0. The first-order valence-electron chi connectivity index (χ1n) is 5.38. The lowest BCUT2D eigenvalue weighted by Crippen LogP contribution is -2.15. The summed E-state index contributed by atoms with van der Waals surface area (Å²) in [5.41, 5.74) is 8.93. The second-order valence-corrected chi connectivity index (χ2v) is 3.88. The SMILES string of the molecule is COc1cccnc1C(N)c1cnn(C)c1C. The second-order valence-electron chi connectivity index (χ2n) is 3.88. The van der Waals surface area contributed by atoms with Crippen LogP contribution >= 0.6 is 0 Å². The van der Waals surface area contributed by atoms with Gasteiger partial charge in [0.05, 0.1) is 19.3 Å². The molecule has 0 amide bonds. The van der Waals surface area contributed by atoms with Crippen LogP contribution in [0.15, 0.2) is 24.5 Å². The van der Waals surface area contributed by atoms with Crippen molar-refractivity contribution in [3.63, 3.8) is 0 Å². The second kappa shape index (κ2) is 4.55. The van der Waals surface area contributed by atoms with E-state index in [4.69, 9.17) is 10.5 Å². The van der Waals surface area contributed by atoms with E-state index in [1.165, 1.54) is 0 Å². The summed E-state index contributed by atoms with van der Waals surface area (Å²) in [6.07, 6.45) is 3.48. The normalized spacial score (nSPS) is 12.5. The molecule has 0 bridgehead atoms. The Kier molecular flexibility index (Phi) is 3.10. The highest BCUT2D eigenvalue weighted by Crippen LogP contribution is 2.27. The minimum absolute atomic E-state index is 0.320. The molecule has 0 radical (unpaired) electrons. The van der Waals surface area contributed by atoms with Gasteiger partial charge in [-0.15, -0.1) is 0 Å². The first-order valence-corrected chi connectivity index (χ1v) is 5.38. The first-order chi connectivity index (χ1) is 8.15. The van der Waals surface area contributed by atoms with Crippen molar-refractivity contribution in [3.8, 4) is 5.75 Å². The molecule has 17 heavy (non-hydrogen) atoms. The van der Waals surface area contributed by atoms with Crippen LogP contribution in [-0.4, -0.2) is 21.9 Å². The summed E-state index contributed by atoms with van der Waals surface area (Å²) in [5, 5.41) is 4.19. The van der Waals surface area contributed by atoms with E-state index in [-0.39, 0.29) is 6.04 Å². The number of ether oxygens (including phenoxy) is 1. The third-order valence-electron chi connectivity index (χ3n) is 2.92. The first kappa shape index (κ1) is 11.6. The summed E-state index contributed by atoms with van der Waals surface area (Å²) < 4.78 is 7.06. The Morgan fingerprint density at radius 2 is 2.24 bits per heavy atom. The van der Waals surface area contributed by atoms with E-state index in [0.29, 0.717) is 5.75 Å². The van der Waals surface area contributed by atoms with E-state index in [1.807, 2.05) is 26.1 Å². The number of pyridine rings is 1. The molecule has 2 N–H and O–H groups in total. The molecule has 90 valence electrons. The number of nitrogens with two attached hydrogens (primary N) is 1. The number of hydrogen-bond donors (Lipinski definition) is 1. The van der Waals surface area contributed by atoms with Crippen LogP contribution in [0.5, 0.6) is 5.75 Å². The molecule has 5 nitrogen and oxygen atoms in total. The molecule has 0 saturated heterocycles. The third-order valence-corrected chi connectivity index (χ3v) is 2.92. The van der Waals surface area contributed by atoms with Crippen LogP contribution in [0.3, 0.4) is 0 Å². The molecule has 2 aromatic rings. The van der Waals surface area contributed by atoms with Crippen molar-refractivity contribution in [2.75, 3.05) is 7.11 Å². The van der Waals surface area contributed by atoms with Crippen molar-refractivity contribution in [1.82, 2.24) is 14.8 Å². The number of methoxy groups -OCH3 is 1. The summed E-state index contributed by atoms with van der Waals surface area (Å²) >= 11 is 0. The Hall–Kier alpha value is -1.88. The molecule has 0 spiro atoms. The van der Waals surface area contributed by atoms with Gasteiger partial charge in [-0.3, -0.25) is 9.67 Å². The lowest BCUT2D eigenvalue weighted by Gasteiger charge is -2.14. The number of aryl methyl sites for hydroxylation is 1. The van der Waals surface area contributed by atoms with Crippen LogP contribution in [0.2, 0.25) is 0 Å². The fourth-order valence-electron chi connectivity index (χ4n) is 1.78. The lowest BCUT2D eigenvalue weighted by molar-refractivity contribution is 0.404. The van der Waals surface area contributed by atoms with Gasteiger partial charge in [-0.2, -0.15) is 5.10 Å². The monoisotopic (exact) mass is 232 g/mol. The molecule has 0 aliphatic rings. The highest BCUT2D eigenvalue weighted by Gasteiger charge is 2.19. The summed E-state index contributed by atoms with van der Waals surface area (Å²) in [7, 11) is 3.50. The molecule has 2 aromatic heterocycles. The van der Waals surface area contributed by atoms with Gasteiger partial charge in [-0.25, -0.2) is 0 Å². The summed E-state index contributed by atoms with van der Waals surface area (Å²) in [5.74, 6) is 0.697. The van der Waals surface area contributed by atoms with Gasteiger partial charge in [0.25, 0.3) is 0 Å². The standard InChI is InChI=1S/C12H16N4O/c1-8-9(7-15-16(8)2)11(13)12-10(17-3)5-4-6-14-12/h4-7,11H,13H2,1-3H3. The molecule has 0 aliphatic carbocycles. The highest BCUT2D eigenvalue weighted by molar-refractivity contribution is 5.37. The third kappa shape index (κ3) is 2.01. The molecule has 2 heterocycles. The van der Waals surface area contributed by atoms with Crippen LogP contribution in [0, 0.1) is 6.92 Å². The van der Waals surface area contributed by atoms with Crippen LogP contribution in [0.1, 0.15) is 23.0 Å². The van der Waals surface area contributed by atoms with Gasteiger partial charge >= 0.3 is 0 Å². The highest BCUT2D eigenvalue weighted by atomic mass is 16.5. The predicted octanol–water partition coefficient (Wildman–Crippen LogP) is 1.18. The van der Waals surface area contributed by atoms with E-state index in [1.54, 1.807) is 24.2 Å². The Balaban J connectivity index is 2.43.